The highest BCUT2D eigenvalue weighted by atomic mass is 32.2. The normalized spacial score (nSPS) is 27.9. The zero-order valence-corrected chi connectivity index (χ0v) is 13.0. The van der Waals surface area contributed by atoms with Crippen LogP contribution in [-0.4, -0.2) is 32.2 Å². The molecule has 0 aliphatic heterocycles. The Morgan fingerprint density at radius 1 is 1.60 bits per heavy atom. The van der Waals surface area contributed by atoms with E-state index in [0.29, 0.717) is 17.3 Å². The summed E-state index contributed by atoms with van der Waals surface area (Å²) >= 11 is 1.09. The van der Waals surface area contributed by atoms with Gasteiger partial charge in [-0.25, -0.2) is 18.5 Å². The van der Waals surface area contributed by atoms with Gasteiger partial charge < -0.3 is 10.1 Å². The van der Waals surface area contributed by atoms with E-state index in [4.69, 9.17) is 9.88 Å². The van der Waals surface area contributed by atoms with Gasteiger partial charge in [-0.2, -0.15) is 0 Å². The summed E-state index contributed by atoms with van der Waals surface area (Å²) < 4.78 is 28.4. The van der Waals surface area contributed by atoms with Crippen LogP contribution in [0.2, 0.25) is 0 Å². The number of sulfonamides is 1. The van der Waals surface area contributed by atoms with Crippen molar-refractivity contribution in [3.63, 3.8) is 0 Å². The summed E-state index contributed by atoms with van der Waals surface area (Å²) in [6.07, 6.45) is 6.18. The Morgan fingerprint density at radius 3 is 2.85 bits per heavy atom. The van der Waals surface area contributed by atoms with Crippen LogP contribution in [0.3, 0.4) is 0 Å². The lowest BCUT2D eigenvalue weighted by atomic mass is 9.51. The van der Waals surface area contributed by atoms with Gasteiger partial charge in [0.05, 0.1) is 12.3 Å². The van der Waals surface area contributed by atoms with Gasteiger partial charge in [0.2, 0.25) is 10.0 Å². The minimum Gasteiger partial charge on any atom is -0.378 e. The Balaban J connectivity index is 1.69. The largest absolute Gasteiger partial charge is 0.378 e. The average Bonchev–Trinajstić information content (AvgIpc) is 2.73. The van der Waals surface area contributed by atoms with Crippen LogP contribution in [0, 0.1) is 5.41 Å². The molecule has 1 spiro atoms. The van der Waals surface area contributed by atoms with E-state index in [1.54, 1.807) is 0 Å². The molecule has 0 radical (unpaired) electrons. The van der Waals surface area contributed by atoms with E-state index in [1.165, 1.54) is 25.5 Å². The summed E-state index contributed by atoms with van der Waals surface area (Å²) in [6, 6.07) is 0.326. The number of anilines is 1. The molecule has 6 nitrogen and oxygen atoms in total. The van der Waals surface area contributed by atoms with E-state index in [0.717, 1.165) is 24.4 Å². The Bertz CT molecular complexity index is 595. The van der Waals surface area contributed by atoms with Crippen molar-refractivity contribution in [1.82, 2.24) is 4.98 Å². The first-order valence-corrected chi connectivity index (χ1v) is 9.19. The number of primary sulfonamides is 1. The van der Waals surface area contributed by atoms with Gasteiger partial charge in [0, 0.05) is 18.1 Å². The predicted octanol–water partition coefficient (Wildman–Crippen LogP) is 1.55. The van der Waals surface area contributed by atoms with Crippen molar-refractivity contribution in [3.8, 4) is 0 Å². The lowest BCUT2D eigenvalue weighted by Gasteiger charge is -2.61. The van der Waals surface area contributed by atoms with Gasteiger partial charge in [-0.05, 0) is 26.2 Å². The van der Waals surface area contributed by atoms with Gasteiger partial charge >= 0.3 is 0 Å². The average molecular weight is 317 g/mol. The number of hydrogen-bond donors (Lipinski definition) is 2. The minimum absolute atomic E-state index is 0.100. The van der Waals surface area contributed by atoms with E-state index < -0.39 is 10.0 Å². The molecule has 0 bridgehead atoms. The monoisotopic (exact) mass is 317 g/mol. The zero-order chi connectivity index (χ0) is 14.4. The fourth-order valence-electron chi connectivity index (χ4n) is 3.25. The third kappa shape index (κ3) is 2.24. The summed E-state index contributed by atoms with van der Waals surface area (Å²) in [4.78, 5) is 4.11. The quantitative estimate of drug-likeness (QED) is 0.859. The number of aromatic nitrogens is 1. The molecule has 2 aliphatic rings. The molecule has 0 amide bonds. The third-order valence-corrected chi connectivity index (χ3v) is 6.84. The fraction of sp³-hybridized carbons (Fsp3) is 0.750. The molecule has 1 heterocycles. The van der Waals surface area contributed by atoms with Gasteiger partial charge in [-0.3, -0.25) is 0 Å². The maximum absolute atomic E-state index is 11.2. The number of nitrogens with two attached hydrogens (primary N) is 1. The van der Waals surface area contributed by atoms with E-state index in [2.05, 4.69) is 10.3 Å². The molecule has 0 aromatic carbocycles. The summed E-state index contributed by atoms with van der Waals surface area (Å²) in [7, 11) is -3.65. The van der Waals surface area contributed by atoms with Gasteiger partial charge in [0.15, 0.2) is 9.34 Å². The molecular weight excluding hydrogens is 298 g/mol. The van der Waals surface area contributed by atoms with Crippen LogP contribution in [0.15, 0.2) is 10.4 Å². The smallest absolute Gasteiger partial charge is 0.249 e. The van der Waals surface area contributed by atoms with E-state index in [1.807, 2.05) is 6.92 Å². The summed E-state index contributed by atoms with van der Waals surface area (Å²) in [6.45, 7) is 2.76. The van der Waals surface area contributed by atoms with Crippen molar-refractivity contribution in [1.29, 1.82) is 0 Å². The standard InChI is InChI=1S/C12H19N3O3S2/c1-2-18-9-6-8(12(9)4-3-5-12)15-11-14-7-10(19-11)20(13,16)17/h7-9H,2-6H2,1H3,(H,14,15)(H2,13,16,17)/t8-,9-/m0/s1. The predicted molar refractivity (Wildman–Crippen MR) is 77.2 cm³/mol. The number of rotatable bonds is 5. The molecule has 3 rings (SSSR count). The van der Waals surface area contributed by atoms with Crippen LogP contribution < -0.4 is 10.5 Å². The highest BCUT2D eigenvalue weighted by Gasteiger charge is 2.59. The number of nitrogens with one attached hydrogen (secondary N) is 1. The van der Waals surface area contributed by atoms with Crippen LogP contribution in [0.4, 0.5) is 5.13 Å². The van der Waals surface area contributed by atoms with Gasteiger partial charge in [-0.1, -0.05) is 17.8 Å². The molecule has 1 aromatic heterocycles. The molecule has 8 heteroatoms. The molecule has 2 aliphatic carbocycles. The fourth-order valence-corrected chi connectivity index (χ4v) is 4.75. The van der Waals surface area contributed by atoms with Crippen LogP contribution in [0.5, 0.6) is 0 Å². The molecule has 2 fully saturated rings. The molecule has 2 atom stereocenters. The lowest BCUT2D eigenvalue weighted by molar-refractivity contribution is -0.157. The number of ether oxygens (including phenoxy) is 1. The Morgan fingerprint density at radius 2 is 2.35 bits per heavy atom. The first kappa shape index (κ1) is 14.2. The molecule has 2 saturated carbocycles. The molecule has 3 N–H and O–H groups in total. The van der Waals surface area contributed by atoms with E-state index in [-0.39, 0.29) is 9.62 Å². The van der Waals surface area contributed by atoms with Crippen molar-refractivity contribution >= 4 is 26.5 Å². The molecule has 1 aromatic rings. The SMILES string of the molecule is CCO[C@H]1C[C@H](Nc2ncc(S(N)(=O)=O)s2)C12CCC2. The van der Waals surface area contributed by atoms with Crippen LogP contribution >= 0.6 is 11.3 Å². The summed E-state index contributed by atoms with van der Waals surface area (Å²) in [5.41, 5.74) is 0.226. The van der Waals surface area contributed by atoms with Gasteiger partial charge in [-0.15, -0.1) is 0 Å². The lowest BCUT2D eigenvalue weighted by Crippen LogP contribution is -2.64. The van der Waals surface area contributed by atoms with Crippen molar-refractivity contribution < 1.29 is 13.2 Å². The first-order chi connectivity index (χ1) is 9.45. The van der Waals surface area contributed by atoms with Gasteiger partial charge in [0.25, 0.3) is 0 Å². The molecule has 0 saturated heterocycles. The second kappa shape index (κ2) is 4.94. The van der Waals surface area contributed by atoms with E-state index >= 15 is 0 Å². The third-order valence-electron chi connectivity index (χ3n) is 4.50. The maximum atomic E-state index is 11.2. The zero-order valence-electron chi connectivity index (χ0n) is 11.3. The number of hydrogen-bond acceptors (Lipinski definition) is 6. The molecule has 112 valence electrons. The molecular formula is C12H19N3O3S2. The second-order valence-electron chi connectivity index (χ2n) is 5.49. The first-order valence-electron chi connectivity index (χ1n) is 6.82. The molecule has 0 unspecified atom stereocenters. The van der Waals surface area contributed by atoms with E-state index in [9.17, 15) is 8.42 Å². The van der Waals surface area contributed by atoms with Gasteiger partial charge in [0.1, 0.15) is 0 Å². The minimum atomic E-state index is -3.65. The Labute approximate surface area is 122 Å². The van der Waals surface area contributed by atoms with Crippen molar-refractivity contribution in [3.05, 3.63) is 6.20 Å². The number of nitrogens with zero attached hydrogens (tertiary/aromatic N) is 1. The molecule has 20 heavy (non-hydrogen) atoms. The van der Waals surface area contributed by atoms with Crippen LogP contribution in [0.1, 0.15) is 32.6 Å². The van der Waals surface area contributed by atoms with Crippen LogP contribution in [0.25, 0.3) is 0 Å². The second-order valence-corrected chi connectivity index (χ2v) is 8.31. The number of thiazole rings is 1. The Hall–Kier alpha value is -0.700. The van der Waals surface area contributed by atoms with Crippen molar-refractivity contribution in [2.75, 3.05) is 11.9 Å². The maximum Gasteiger partial charge on any atom is 0.249 e. The highest BCUT2D eigenvalue weighted by molar-refractivity contribution is 7.91. The Kier molecular flexibility index (Phi) is 3.52. The van der Waals surface area contributed by atoms with Crippen LogP contribution in [-0.2, 0) is 14.8 Å². The van der Waals surface area contributed by atoms with Crippen molar-refractivity contribution in [2.24, 2.45) is 10.6 Å². The topological polar surface area (TPSA) is 94.3 Å². The summed E-state index contributed by atoms with van der Waals surface area (Å²) in [5, 5.41) is 9.08. The highest BCUT2D eigenvalue weighted by Crippen LogP contribution is 2.58. The van der Waals surface area contributed by atoms with Crippen molar-refractivity contribution in [2.45, 2.75) is 49.0 Å². The summed E-state index contributed by atoms with van der Waals surface area (Å²) in [5.74, 6) is 0.